The van der Waals surface area contributed by atoms with Crippen LogP contribution in [0.15, 0.2) is 29.1 Å². The van der Waals surface area contributed by atoms with E-state index in [2.05, 4.69) is 45.6 Å². The highest BCUT2D eigenvalue weighted by atomic mass is 28.3. The van der Waals surface area contributed by atoms with E-state index in [1.807, 2.05) is 40.0 Å². The molecule has 0 radical (unpaired) electrons. The van der Waals surface area contributed by atoms with Crippen LogP contribution in [-0.4, -0.2) is 52.5 Å². The van der Waals surface area contributed by atoms with Crippen molar-refractivity contribution in [3.63, 3.8) is 0 Å². The standard InChI is InChI=1S/C26H41N3O4Si/c1-25(2,3)33-24(31)29-14-13-19(17-26(29,4)5)20-11-10-12-21-22(20)27(6)23(30)28(21)18-32-15-16-34(7,8)9/h10-13H,14-18H2,1-9H3. The predicted octanol–water partition coefficient (Wildman–Crippen LogP) is 5.46. The smallest absolute Gasteiger partial charge is 0.411 e. The molecule has 1 aromatic carbocycles. The predicted molar refractivity (Wildman–Crippen MR) is 141 cm³/mol. The molecule has 0 fully saturated rings. The number of hydrogen-bond donors (Lipinski definition) is 0. The minimum Gasteiger partial charge on any atom is -0.444 e. The summed E-state index contributed by atoms with van der Waals surface area (Å²) in [4.78, 5) is 27.6. The van der Waals surface area contributed by atoms with Crippen LogP contribution in [0.3, 0.4) is 0 Å². The van der Waals surface area contributed by atoms with Gasteiger partial charge in [-0.2, -0.15) is 0 Å². The monoisotopic (exact) mass is 487 g/mol. The first-order chi connectivity index (χ1) is 15.6. The van der Waals surface area contributed by atoms with Crippen LogP contribution in [0.4, 0.5) is 4.79 Å². The van der Waals surface area contributed by atoms with E-state index < -0.39 is 19.2 Å². The van der Waals surface area contributed by atoms with E-state index in [4.69, 9.17) is 9.47 Å². The number of hydrogen-bond acceptors (Lipinski definition) is 4. The number of nitrogens with zero attached hydrogens (tertiary/aromatic N) is 3. The van der Waals surface area contributed by atoms with Gasteiger partial charge in [0.05, 0.1) is 11.0 Å². The van der Waals surface area contributed by atoms with Crippen molar-refractivity contribution < 1.29 is 14.3 Å². The van der Waals surface area contributed by atoms with E-state index in [1.54, 1.807) is 14.0 Å². The molecule has 1 amide bonds. The zero-order valence-electron chi connectivity index (χ0n) is 22.3. The Morgan fingerprint density at radius 3 is 2.44 bits per heavy atom. The van der Waals surface area contributed by atoms with Crippen LogP contribution in [0.2, 0.25) is 25.7 Å². The van der Waals surface area contributed by atoms with E-state index in [0.29, 0.717) is 19.6 Å². The number of para-hydroxylation sites is 1. The van der Waals surface area contributed by atoms with Crippen molar-refractivity contribution in [1.29, 1.82) is 0 Å². The molecule has 1 aliphatic heterocycles. The second-order valence-electron chi connectivity index (χ2n) is 12.1. The number of aromatic nitrogens is 2. The van der Waals surface area contributed by atoms with Crippen LogP contribution in [-0.2, 0) is 23.3 Å². The van der Waals surface area contributed by atoms with Gasteiger partial charge in [0, 0.05) is 39.4 Å². The summed E-state index contributed by atoms with van der Waals surface area (Å²) in [7, 11) is 0.622. The molecule has 1 aliphatic rings. The summed E-state index contributed by atoms with van der Waals surface area (Å²) in [6.45, 7) is 18.1. The van der Waals surface area contributed by atoms with Gasteiger partial charge in [-0.25, -0.2) is 9.59 Å². The van der Waals surface area contributed by atoms with Crippen molar-refractivity contribution in [2.24, 2.45) is 7.05 Å². The Hall–Kier alpha value is -2.32. The summed E-state index contributed by atoms with van der Waals surface area (Å²) in [6.07, 6.45) is 2.44. The van der Waals surface area contributed by atoms with Crippen LogP contribution >= 0.6 is 0 Å². The molecule has 7 nitrogen and oxygen atoms in total. The van der Waals surface area contributed by atoms with Gasteiger partial charge in [-0.05, 0) is 58.7 Å². The highest BCUT2D eigenvalue weighted by Gasteiger charge is 2.37. The van der Waals surface area contributed by atoms with Gasteiger partial charge in [-0.1, -0.05) is 37.8 Å². The normalized spacial score (nSPS) is 16.6. The zero-order valence-corrected chi connectivity index (χ0v) is 23.3. The summed E-state index contributed by atoms with van der Waals surface area (Å²) in [5.41, 5.74) is 2.87. The lowest BCUT2D eigenvalue weighted by Crippen LogP contribution is -2.51. The molecule has 0 spiro atoms. The second-order valence-corrected chi connectivity index (χ2v) is 17.7. The molecule has 2 aromatic rings. The lowest BCUT2D eigenvalue weighted by molar-refractivity contribution is 0.00618. The molecule has 8 heteroatoms. The first kappa shape index (κ1) is 26.3. The first-order valence-electron chi connectivity index (χ1n) is 12.1. The Balaban J connectivity index is 1.91. The van der Waals surface area contributed by atoms with Gasteiger partial charge in [0.1, 0.15) is 12.3 Å². The van der Waals surface area contributed by atoms with Gasteiger partial charge in [0.25, 0.3) is 0 Å². The van der Waals surface area contributed by atoms with Crippen molar-refractivity contribution in [1.82, 2.24) is 14.0 Å². The first-order valence-corrected chi connectivity index (χ1v) is 15.8. The number of carbonyl (C=O) groups excluding carboxylic acids is 1. The maximum atomic E-state index is 13.1. The summed E-state index contributed by atoms with van der Waals surface area (Å²) in [5, 5.41) is 0. The number of fused-ring (bicyclic) bond motifs is 1. The fourth-order valence-corrected chi connectivity index (χ4v) is 5.08. The van der Waals surface area contributed by atoms with Gasteiger partial charge in [-0.3, -0.25) is 14.0 Å². The molecule has 0 N–H and O–H groups in total. The van der Waals surface area contributed by atoms with E-state index in [1.165, 1.54) is 0 Å². The third-order valence-corrected chi connectivity index (χ3v) is 7.91. The average Bonchev–Trinajstić information content (AvgIpc) is 2.93. The molecule has 2 heterocycles. The Morgan fingerprint density at radius 1 is 1.18 bits per heavy atom. The Labute approximate surface area is 204 Å². The highest BCUT2D eigenvalue weighted by molar-refractivity contribution is 6.76. The van der Waals surface area contributed by atoms with Crippen molar-refractivity contribution in [3.05, 3.63) is 40.3 Å². The third-order valence-electron chi connectivity index (χ3n) is 6.21. The van der Waals surface area contributed by atoms with Crippen LogP contribution < -0.4 is 5.69 Å². The molecule has 0 aliphatic carbocycles. The maximum absolute atomic E-state index is 13.1. The van der Waals surface area contributed by atoms with Crippen LogP contribution in [0.5, 0.6) is 0 Å². The summed E-state index contributed by atoms with van der Waals surface area (Å²) < 4.78 is 15.0. The fraction of sp³-hybridized carbons (Fsp3) is 0.615. The van der Waals surface area contributed by atoms with Crippen LogP contribution in [0, 0.1) is 0 Å². The second kappa shape index (κ2) is 9.38. The number of imidazole rings is 1. The fourth-order valence-electron chi connectivity index (χ4n) is 4.33. The van der Waals surface area contributed by atoms with Gasteiger partial charge in [-0.15, -0.1) is 0 Å². The summed E-state index contributed by atoms with van der Waals surface area (Å²) in [6, 6.07) is 7.09. The molecule has 34 heavy (non-hydrogen) atoms. The molecule has 3 rings (SSSR count). The number of ether oxygens (including phenoxy) is 2. The van der Waals surface area contributed by atoms with Crippen molar-refractivity contribution in [2.45, 2.75) is 84.6 Å². The van der Waals surface area contributed by atoms with E-state index in [0.717, 1.165) is 28.2 Å². The molecule has 0 atom stereocenters. The van der Waals surface area contributed by atoms with Crippen LogP contribution in [0.25, 0.3) is 16.6 Å². The number of amides is 1. The number of carbonyl (C=O) groups is 1. The SMILES string of the molecule is Cn1c(=O)n(COCC[Si](C)(C)C)c2cccc(C3=CCN(C(=O)OC(C)(C)C)C(C)(C)C3)c21. The minimum atomic E-state index is -1.19. The molecule has 1 aromatic heterocycles. The number of rotatable bonds is 6. The van der Waals surface area contributed by atoms with Crippen molar-refractivity contribution in [2.75, 3.05) is 13.2 Å². The molecular formula is C26H41N3O4Si. The largest absolute Gasteiger partial charge is 0.444 e. The van der Waals surface area contributed by atoms with Crippen LogP contribution in [0.1, 0.15) is 46.6 Å². The van der Waals surface area contributed by atoms with E-state index in [9.17, 15) is 9.59 Å². The molecule has 0 unspecified atom stereocenters. The van der Waals surface area contributed by atoms with Gasteiger partial charge < -0.3 is 9.47 Å². The Morgan fingerprint density at radius 2 is 1.85 bits per heavy atom. The lowest BCUT2D eigenvalue weighted by Gasteiger charge is -2.42. The maximum Gasteiger partial charge on any atom is 0.411 e. The molecule has 0 bridgehead atoms. The van der Waals surface area contributed by atoms with E-state index in [-0.39, 0.29) is 18.5 Å². The van der Waals surface area contributed by atoms with Crippen molar-refractivity contribution >= 4 is 30.8 Å². The van der Waals surface area contributed by atoms with E-state index >= 15 is 0 Å². The average molecular weight is 488 g/mol. The number of benzene rings is 1. The molecule has 188 valence electrons. The minimum absolute atomic E-state index is 0.0819. The van der Waals surface area contributed by atoms with Gasteiger partial charge in [0.15, 0.2) is 0 Å². The molecular weight excluding hydrogens is 446 g/mol. The Kier molecular flexibility index (Phi) is 7.25. The summed E-state index contributed by atoms with van der Waals surface area (Å²) >= 11 is 0. The topological polar surface area (TPSA) is 65.7 Å². The molecule has 0 saturated heterocycles. The third kappa shape index (κ3) is 5.83. The van der Waals surface area contributed by atoms with Gasteiger partial charge in [0.2, 0.25) is 0 Å². The lowest BCUT2D eigenvalue weighted by atomic mass is 9.85. The summed E-state index contributed by atoms with van der Waals surface area (Å²) in [5.74, 6) is 0. The van der Waals surface area contributed by atoms with Crippen molar-refractivity contribution in [3.8, 4) is 0 Å². The highest BCUT2D eigenvalue weighted by Crippen LogP contribution is 2.36. The molecule has 0 saturated carbocycles. The Bertz CT molecular complexity index is 1150. The number of aryl methyl sites for hydroxylation is 1. The quantitative estimate of drug-likeness (QED) is 0.401. The van der Waals surface area contributed by atoms with Gasteiger partial charge >= 0.3 is 11.8 Å². The zero-order chi connectivity index (χ0) is 25.5.